The van der Waals surface area contributed by atoms with Crippen LogP contribution in [-0.4, -0.2) is 32.3 Å². The molecule has 0 saturated carbocycles. The summed E-state index contributed by atoms with van der Waals surface area (Å²) in [5.41, 5.74) is 1.95. The molecule has 0 aromatic heterocycles. The number of amides is 1. The highest BCUT2D eigenvalue weighted by Crippen LogP contribution is 2.16. The fraction of sp³-hybridized carbons (Fsp3) is 0.357. The van der Waals surface area contributed by atoms with Crippen molar-refractivity contribution in [2.45, 2.75) is 25.7 Å². The SMILES string of the molecule is C=C(C)CN(CC)C(=O)c1ccc(S(N)(=O)=O)cc1C. The lowest BCUT2D eigenvalue weighted by Crippen LogP contribution is -2.32. The van der Waals surface area contributed by atoms with Crippen LogP contribution in [0, 0.1) is 6.92 Å². The first-order valence-corrected chi connectivity index (χ1v) is 7.78. The molecule has 0 spiro atoms. The summed E-state index contributed by atoms with van der Waals surface area (Å²) in [6.45, 7) is 10.3. The van der Waals surface area contributed by atoms with Gasteiger partial charge >= 0.3 is 0 Å². The van der Waals surface area contributed by atoms with Crippen LogP contribution in [0.5, 0.6) is 0 Å². The molecule has 6 heteroatoms. The Balaban J connectivity index is 3.14. The minimum atomic E-state index is -3.75. The van der Waals surface area contributed by atoms with Gasteiger partial charge < -0.3 is 4.90 Å². The second-order valence-corrected chi connectivity index (χ2v) is 6.36. The van der Waals surface area contributed by atoms with Crippen LogP contribution in [0.3, 0.4) is 0 Å². The predicted molar refractivity (Wildman–Crippen MR) is 78.9 cm³/mol. The van der Waals surface area contributed by atoms with Crippen molar-refractivity contribution in [1.29, 1.82) is 0 Å². The predicted octanol–water partition coefficient (Wildman–Crippen LogP) is 1.68. The molecule has 0 fully saturated rings. The van der Waals surface area contributed by atoms with E-state index in [1.165, 1.54) is 18.2 Å². The number of sulfonamides is 1. The molecule has 5 nitrogen and oxygen atoms in total. The first-order chi connectivity index (χ1) is 9.16. The topological polar surface area (TPSA) is 80.5 Å². The molecular formula is C14H20N2O3S. The van der Waals surface area contributed by atoms with Gasteiger partial charge in [-0.05, 0) is 44.5 Å². The second-order valence-electron chi connectivity index (χ2n) is 4.80. The van der Waals surface area contributed by atoms with Gasteiger partial charge in [0.15, 0.2) is 0 Å². The summed E-state index contributed by atoms with van der Waals surface area (Å²) >= 11 is 0. The van der Waals surface area contributed by atoms with E-state index >= 15 is 0 Å². The number of benzene rings is 1. The smallest absolute Gasteiger partial charge is 0.254 e. The first-order valence-electron chi connectivity index (χ1n) is 6.24. The summed E-state index contributed by atoms with van der Waals surface area (Å²) in [4.78, 5) is 14.1. The molecule has 0 saturated heterocycles. The summed E-state index contributed by atoms with van der Waals surface area (Å²) in [5, 5.41) is 5.07. The third kappa shape index (κ3) is 3.91. The molecular weight excluding hydrogens is 276 g/mol. The zero-order chi connectivity index (χ0) is 15.5. The minimum Gasteiger partial charge on any atom is -0.335 e. The number of aryl methyl sites for hydroxylation is 1. The average molecular weight is 296 g/mol. The van der Waals surface area contributed by atoms with Gasteiger partial charge in [-0.15, -0.1) is 0 Å². The normalized spacial score (nSPS) is 11.2. The molecule has 0 aliphatic heterocycles. The zero-order valence-corrected chi connectivity index (χ0v) is 12.8. The third-order valence-electron chi connectivity index (χ3n) is 2.89. The average Bonchev–Trinajstić information content (AvgIpc) is 2.33. The van der Waals surface area contributed by atoms with Crippen molar-refractivity contribution in [2.24, 2.45) is 5.14 Å². The Hall–Kier alpha value is -1.66. The van der Waals surface area contributed by atoms with Gasteiger partial charge in [-0.3, -0.25) is 4.79 Å². The molecule has 0 radical (unpaired) electrons. The van der Waals surface area contributed by atoms with E-state index < -0.39 is 10.0 Å². The number of hydrogen-bond acceptors (Lipinski definition) is 3. The van der Waals surface area contributed by atoms with Crippen LogP contribution in [0.2, 0.25) is 0 Å². The van der Waals surface area contributed by atoms with Gasteiger partial charge in [-0.25, -0.2) is 13.6 Å². The summed E-state index contributed by atoms with van der Waals surface area (Å²) in [6, 6.07) is 4.26. The summed E-state index contributed by atoms with van der Waals surface area (Å²) in [7, 11) is -3.75. The second kappa shape index (κ2) is 6.19. The standard InChI is InChI=1S/C14H20N2O3S/c1-5-16(9-10(2)3)14(17)13-7-6-12(8-11(13)4)20(15,18)19/h6-8H,2,5,9H2,1,3-4H3,(H2,15,18,19). The maximum absolute atomic E-state index is 12.4. The van der Waals surface area contributed by atoms with Gasteiger partial charge in [0.1, 0.15) is 0 Å². The monoisotopic (exact) mass is 296 g/mol. The molecule has 1 rings (SSSR count). The van der Waals surface area contributed by atoms with Crippen LogP contribution >= 0.6 is 0 Å². The minimum absolute atomic E-state index is 0.00880. The van der Waals surface area contributed by atoms with Crippen molar-refractivity contribution in [3.8, 4) is 0 Å². The lowest BCUT2D eigenvalue weighted by molar-refractivity contribution is 0.0777. The van der Waals surface area contributed by atoms with Gasteiger partial charge in [0.25, 0.3) is 5.91 Å². The maximum atomic E-state index is 12.4. The molecule has 1 aromatic carbocycles. The Labute approximate surface area is 120 Å². The maximum Gasteiger partial charge on any atom is 0.254 e. The van der Waals surface area contributed by atoms with Crippen molar-refractivity contribution in [3.05, 3.63) is 41.5 Å². The van der Waals surface area contributed by atoms with Crippen LogP contribution in [0.4, 0.5) is 0 Å². The van der Waals surface area contributed by atoms with Crippen LogP contribution in [0.1, 0.15) is 29.8 Å². The lowest BCUT2D eigenvalue weighted by Gasteiger charge is -2.22. The highest BCUT2D eigenvalue weighted by atomic mass is 32.2. The zero-order valence-electron chi connectivity index (χ0n) is 12.0. The molecule has 0 bridgehead atoms. The van der Waals surface area contributed by atoms with E-state index in [0.717, 1.165) is 5.57 Å². The molecule has 20 heavy (non-hydrogen) atoms. The molecule has 0 unspecified atom stereocenters. The number of carbonyl (C=O) groups excluding carboxylic acids is 1. The molecule has 0 atom stereocenters. The van der Waals surface area contributed by atoms with E-state index in [2.05, 4.69) is 6.58 Å². The van der Waals surface area contributed by atoms with E-state index in [9.17, 15) is 13.2 Å². The number of carbonyl (C=O) groups is 1. The molecule has 0 heterocycles. The summed E-state index contributed by atoms with van der Waals surface area (Å²) in [5.74, 6) is -0.144. The number of hydrogen-bond donors (Lipinski definition) is 1. The van der Waals surface area contributed by atoms with E-state index in [4.69, 9.17) is 5.14 Å². The van der Waals surface area contributed by atoms with Crippen molar-refractivity contribution in [2.75, 3.05) is 13.1 Å². The van der Waals surface area contributed by atoms with E-state index in [1.807, 2.05) is 13.8 Å². The molecule has 1 aromatic rings. The number of nitrogens with two attached hydrogens (primary N) is 1. The Kier molecular flexibility index (Phi) is 5.08. The van der Waals surface area contributed by atoms with Gasteiger partial charge in [0.05, 0.1) is 4.90 Å². The van der Waals surface area contributed by atoms with Crippen molar-refractivity contribution >= 4 is 15.9 Å². The molecule has 0 aliphatic rings. The Bertz CT molecular complexity index is 636. The number of nitrogens with zero attached hydrogens (tertiary/aromatic N) is 1. The molecule has 110 valence electrons. The molecule has 1 amide bonds. The van der Waals surface area contributed by atoms with E-state index in [1.54, 1.807) is 11.8 Å². The van der Waals surface area contributed by atoms with Gasteiger partial charge in [0, 0.05) is 18.7 Å². The van der Waals surface area contributed by atoms with Gasteiger partial charge in [0.2, 0.25) is 10.0 Å². The van der Waals surface area contributed by atoms with Gasteiger partial charge in [-0.2, -0.15) is 0 Å². The van der Waals surface area contributed by atoms with Crippen molar-refractivity contribution in [3.63, 3.8) is 0 Å². The highest BCUT2D eigenvalue weighted by molar-refractivity contribution is 7.89. The summed E-state index contributed by atoms with van der Waals surface area (Å²) in [6.07, 6.45) is 0. The third-order valence-corrected chi connectivity index (χ3v) is 3.80. The van der Waals surface area contributed by atoms with Crippen molar-refractivity contribution < 1.29 is 13.2 Å². The largest absolute Gasteiger partial charge is 0.335 e. The van der Waals surface area contributed by atoms with Crippen LogP contribution in [0.15, 0.2) is 35.2 Å². The lowest BCUT2D eigenvalue weighted by atomic mass is 10.1. The van der Waals surface area contributed by atoms with E-state index in [0.29, 0.717) is 24.2 Å². The van der Waals surface area contributed by atoms with Crippen LogP contribution in [-0.2, 0) is 10.0 Å². The first kappa shape index (κ1) is 16.4. The number of primary sulfonamides is 1. The summed E-state index contributed by atoms with van der Waals surface area (Å²) < 4.78 is 22.5. The Morgan fingerprint density at radius 1 is 1.40 bits per heavy atom. The molecule has 2 N–H and O–H groups in total. The van der Waals surface area contributed by atoms with Crippen LogP contribution in [0.25, 0.3) is 0 Å². The van der Waals surface area contributed by atoms with E-state index in [-0.39, 0.29) is 10.8 Å². The fourth-order valence-corrected chi connectivity index (χ4v) is 2.48. The van der Waals surface area contributed by atoms with Crippen LogP contribution < -0.4 is 5.14 Å². The number of rotatable bonds is 5. The Morgan fingerprint density at radius 2 is 2.00 bits per heavy atom. The highest BCUT2D eigenvalue weighted by Gasteiger charge is 2.18. The quantitative estimate of drug-likeness (QED) is 0.839. The Morgan fingerprint density at radius 3 is 2.40 bits per heavy atom. The molecule has 0 aliphatic carbocycles. The fourth-order valence-electron chi connectivity index (χ4n) is 1.88. The van der Waals surface area contributed by atoms with Crippen molar-refractivity contribution in [1.82, 2.24) is 4.90 Å². The number of likely N-dealkylation sites (N-methyl/N-ethyl adjacent to an activating group) is 1. The van der Waals surface area contributed by atoms with Gasteiger partial charge in [-0.1, -0.05) is 12.2 Å².